The summed E-state index contributed by atoms with van der Waals surface area (Å²) in [6, 6.07) is 18.3. The van der Waals surface area contributed by atoms with Gasteiger partial charge in [-0.05, 0) is 49.4 Å². The van der Waals surface area contributed by atoms with Crippen molar-refractivity contribution in [3.8, 4) is 11.3 Å². The number of aromatic amines is 2. The highest BCUT2D eigenvalue weighted by Crippen LogP contribution is 2.31. The Bertz CT molecular complexity index is 1470. The van der Waals surface area contributed by atoms with Crippen molar-refractivity contribution < 1.29 is 0 Å². The molecule has 0 amide bonds. The van der Waals surface area contributed by atoms with E-state index in [4.69, 9.17) is 12.3 Å². The molecule has 0 saturated carbocycles. The summed E-state index contributed by atoms with van der Waals surface area (Å²) in [6.07, 6.45) is 0. The number of benzene rings is 2. The zero-order valence-electron chi connectivity index (χ0n) is 18.0. The first-order chi connectivity index (χ1) is 15.5. The molecule has 0 aliphatic heterocycles. The van der Waals surface area contributed by atoms with Crippen LogP contribution in [0, 0.1) is 13.5 Å². The highest BCUT2D eigenvalue weighted by Gasteiger charge is 2.13. The maximum atomic E-state index is 7.08. The fourth-order valence-corrected chi connectivity index (χ4v) is 4.12. The number of hydrogen-bond acceptors (Lipinski definition) is 4. The van der Waals surface area contributed by atoms with Gasteiger partial charge in [-0.2, -0.15) is 0 Å². The zero-order valence-corrected chi connectivity index (χ0v) is 18.0. The lowest BCUT2D eigenvalue weighted by Crippen LogP contribution is -2.17. The fourth-order valence-electron chi connectivity index (χ4n) is 4.12. The molecule has 5 rings (SSSR count). The minimum atomic E-state index is 0.449. The number of rotatable bonds is 5. The van der Waals surface area contributed by atoms with Gasteiger partial charge in [0.05, 0.1) is 12.1 Å². The molecule has 0 bridgehead atoms. The van der Waals surface area contributed by atoms with E-state index in [1.54, 1.807) is 0 Å². The van der Waals surface area contributed by atoms with Crippen molar-refractivity contribution in [3.63, 3.8) is 0 Å². The van der Waals surface area contributed by atoms with Gasteiger partial charge in [-0.1, -0.05) is 30.3 Å². The Hall–Kier alpha value is -4.15. The van der Waals surface area contributed by atoms with Gasteiger partial charge < -0.3 is 15.7 Å². The molecule has 7 nitrogen and oxygen atoms in total. The Kier molecular flexibility index (Phi) is 4.85. The SMILES string of the molecule is [C-]#[N+]c1ccc(CN(C)Cc2ccc3[nH]c(-c4cc(N)nc5nc(C)[nH]c45)cc3c2)cc1. The van der Waals surface area contributed by atoms with Crippen molar-refractivity contribution in [2.75, 3.05) is 12.8 Å². The summed E-state index contributed by atoms with van der Waals surface area (Å²) in [5, 5.41) is 1.15. The first kappa shape index (κ1) is 19.8. The molecule has 0 spiro atoms. The number of nitrogen functional groups attached to an aromatic ring is 1. The summed E-state index contributed by atoms with van der Waals surface area (Å²) < 4.78 is 0. The van der Waals surface area contributed by atoms with E-state index in [2.05, 4.69) is 61.0 Å². The van der Waals surface area contributed by atoms with Gasteiger partial charge in [0.25, 0.3) is 0 Å². The lowest BCUT2D eigenvalue weighted by Gasteiger charge is -2.17. The van der Waals surface area contributed by atoms with Crippen LogP contribution in [0.4, 0.5) is 11.5 Å². The summed E-state index contributed by atoms with van der Waals surface area (Å²) in [5.41, 5.74) is 13.6. The molecule has 0 aliphatic carbocycles. The van der Waals surface area contributed by atoms with E-state index in [0.717, 1.165) is 46.6 Å². The van der Waals surface area contributed by atoms with Gasteiger partial charge in [0.2, 0.25) is 0 Å². The Balaban J connectivity index is 1.40. The third-order valence-corrected chi connectivity index (χ3v) is 5.55. The molecule has 32 heavy (non-hydrogen) atoms. The molecule has 0 fully saturated rings. The van der Waals surface area contributed by atoms with Gasteiger partial charge in [0, 0.05) is 35.2 Å². The Morgan fingerprint density at radius 3 is 2.50 bits per heavy atom. The average molecular weight is 422 g/mol. The van der Waals surface area contributed by atoms with E-state index >= 15 is 0 Å². The molecule has 4 N–H and O–H groups in total. The second kappa shape index (κ2) is 7.84. The zero-order chi connectivity index (χ0) is 22.2. The number of pyridine rings is 1. The molecular formula is C25H23N7. The molecule has 2 aromatic carbocycles. The van der Waals surface area contributed by atoms with Crippen LogP contribution < -0.4 is 5.73 Å². The van der Waals surface area contributed by atoms with Crippen LogP contribution in [-0.4, -0.2) is 31.9 Å². The summed E-state index contributed by atoms with van der Waals surface area (Å²) in [6.45, 7) is 10.6. The predicted octanol–water partition coefficient (Wildman–Crippen LogP) is 5.18. The maximum Gasteiger partial charge on any atom is 0.187 e. The van der Waals surface area contributed by atoms with Gasteiger partial charge >= 0.3 is 0 Å². The molecule has 3 aromatic heterocycles. The van der Waals surface area contributed by atoms with Gasteiger partial charge in [0.1, 0.15) is 11.6 Å². The van der Waals surface area contributed by atoms with E-state index in [9.17, 15) is 0 Å². The van der Waals surface area contributed by atoms with E-state index in [1.807, 2.05) is 37.3 Å². The van der Waals surface area contributed by atoms with Gasteiger partial charge in [-0.3, -0.25) is 4.90 Å². The number of nitrogens with zero attached hydrogens (tertiary/aromatic N) is 4. The van der Waals surface area contributed by atoms with E-state index in [-0.39, 0.29) is 0 Å². The normalized spacial score (nSPS) is 11.4. The number of fused-ring (bicyclic) bond motifs is 2. The van der Waals surface area contributed by atoms with Crippen molar-refractivity contribution >= 4 is 33.6 Å². The van der Waals surface area contributed by atoms with Crippen LogP contribution >= 0.6 is 0 Å². The minimum Gasteiger partial charge on any atom is -0.384 e. The standard InChI is InChI=1S/C25H23N7/c1-15-28-24-20(12-23(26)31-25(24)29-15)22-11-18-10-17(6-9-21(18)30-22)14-32(3)13-16-4-7-19(27-2)8-5-16/h4-12,30H,13-14H2,1,3H3,(H3,26,28,29,31). The van der Waals surface area contributed by atoms with Crippen molar-refractivity contribution in [1.82, 2.24) is 24.8 Å². The van der Waals surface area contributed by atoms with Crippen LogP contribution in [0.5, 0.6) is 0 Å². The molecule has 7 heteroatoms. The monoisotopic (exact) mass is 421 g/mol. The van der Waals surface area contributed by atoms with E-state index in [1.165, 1.54) is 11.1 Å². The third kappa shape index (κ3) is 3.80. The second-order valence-electron chi connectivity index (χ2n) is 8.17. The number of hydrogen-bond donors (Lipinski definition) is 3. The van der Waals surface area contributed by atoms with Crippen molar-refractivity contribution in [1.29, 1.82) is 0 Å². The number of nitrogens with one attached hydrogen (secondary N) is 2. The highest BCUT2D eigenvalue weighted by molar-refractivity contribution is 5.95. The fraction of sp³-hybridized carbons (Fsp3) is 0.160. The van der Waals surface area contributed by atoms with Gasteiger partial charge in [0.15, 0.2) is 11.3 Å². The Morgan fingerprint density at radius 1 is 0.969 bits per heavy atom. The second-order valence-corrected chi connectivity index (χ2v) is 8.17. The molecular weight excluding hydrogens is 398 g/mol. The van der Waals surface area contributed by atoms with Crippen LogP contribution in [0.1, 0.15) is 17.0 Å². The van der Waals surface area contributed by atoms with Crippen molar-refractivity contribution in [3.05, 3.63) is 83.0 Å². The molecule has 158 valence electrons. The Morgan fingerprint density at radius 2 is 1.72 bits per heavy atom. The molecule has 0 unspecified atom stereocenters. The number of nitrogens with two attached hydrogens (primary N) is 1. The maximum absolute atomic E-state index is 7.08. The van der Waals surface area contributed by atoms with E-state index < -0.39 is 0 Å². The lowest BCUT2D eigenvalue weighted by atomic mass is 10.1. The van der Waals surface area contributed by atoms with Crippen LogP contribution in [0.15, 0.2) is 54.6 Å². The van der Waals surface area contributed by atoms with Crippen molar-refractivity contribution in [2.45, 2.75) is 20.0 Å². The lowest BCUT2D eigenvalue weighted by molar-refractivity contribution is 0.319. The molecule has 0 aliphatic rings. The van der Waals surface area contributed by atoms with Crippen LogP contribution in [0.3, 0.4) is 0 Å². The van der Waals surface area contributed by atoms with E-state index in [0.29, 0.717) is 17.2 Å². The van der Waals surface area contributed by atoms with Crippen LogP contribution in [0.2, 0.25) is 0 Å². The Labute approximate surface area is 185 Å². The minimum absolute atomic E-state index is 0.449. The number of aromatic nitrogens is 4. The number of imidazole rings is 1. The smallest absolute Gasteiger partial charge is 0.187 e. The first-order valence-electron chi connectivity index (χ1n) is 10.4. The van der Waals surface area contributed by atoms with Crippen molar-refractivity contribution in [2.24, 2.45) is 0 Å². The summed E-state index contributed by atoms with van der Waals surface area (Å²) >= 11 is 0. The molecule has 3 heterocycles. The third-order valence-electron chi connectivity index (χ3n) is 5.55. The van der Waals surface area contributed by atoms with Crippen LogP contribution in [0.25, 0.3) is 38.2 Å². The highest BCUT2D eigenvalue weighted by atomic mass is 15.1. The number of aryl methyl sites for hydroxylation is 1. The molecule has 0 atom stereocenters. The first-order valence-corrected chi connectivity index (χ1v) is 10.4. The summed E-state index contributed by atoms with van der Waals surface area (Å²) in [4.78, 5) is 21.3. The largest absolute Gasteiger partial charge is 0.384 e. The quantitative estimate of drug-likeness (QED) is 0.341. The number of anilines is 1. The molecule has 0 radical (unpaired) electrons. The van der Waals surface area contributed by atoms with Crippen LogP contribution in [-0.2, 0) is 13.1 Å². The average Bonchev–Trinajstić information content (AvgIpc) is 3.35. The summed E-state index contributed by atoms with van der Waals surface area (Å²) in [7, 11) is 2.10. The number of H-pyrrole nitrogens is 2. The summed E-state index contributed by atoms with van der Waals surface area (Å²) in [5.74, 6) is 1.26. The topological polar surface area (TPSA) is 91.0 Å². The van der Waals surface area contributed by atoms with Gasteiger partial charge in [-0.15, -0.1) is 0 Å². The molecule has 0 saturated heterocycles. The molecule has 5 aromatic rings. The van der Waals surface area contributed by atoms with Gasteiger partial charge in [-0.25, -0.2) is 14.8 Å². The predicted molar refractivity (Wildman–Crippen MR) is 128 cm³/mol.